The number of nitrogens with zero attached hydrogens (tertiary/aromatic N) is 4. The molecule has 41 heavy (non-hydrogen) atoms. The Morgan fingerprint density at radius 3 is 1.80 bits per heavy atom. The predicted molar refractivity (Wildman–Crippen MR) is 141 cm³/mol. The molecule has 0 atom stereocenters. The quantitative estimate of drug-likeness (QED) is 0.124. The summed E-state index contributed by atoms with van der Waals surface area (Å²) in [5, 5.41) is 29.7. The Kier molecular flexibility index (Phi) is 11.4. The van der Waals surface area contributed by atoms with E-state index < -0.39 is 36.6 Å². The second-order valence-electron chi connectivity index (χ2n) is 8.74. The second kappa shape index (κ2) is 13.4. The van der Waals surface area contributed by atoms with Crippen molar-refractivity contribution in [3.05, 3.63) is 71.3 Å². The van der Waals surface area contributed by atoms with Gasteiger partial charge in [-0.1, -0.05) is 11.8 Å². The molecule has 16 heteroatoms. The van der Waals surface area contributed by atoms with Crippen molar-refractivity contribution in [2.24, 2.45) is 20.5 Å². The monoisotopic (exact) mass is 613 g/mol. The average Bonchev–Trinajstić information content (AvgIpc) is 2.83. The number of rotatable bonds is 6. The fourth-order valence-corrected chi connectivity index (χ4v) is 4.97. The van der Waals surface area contributed by atoms with Crippen molar-refractivity contribution in [1.29, 1.82) is 0 Å². The molecule has 0 aliphatic rings. The number of hydrogen-bond donors (Lipinski definition) is 2. The summed E-state index contributed by atoms with van der Waals surface area (Å²) in [6.07, 6.45) is 0. The maximum atomic E-state index is 13.0. The van der Waals surface area contributed by atoms with E-state index in [9.17, 15) is 31.0 Å². The van der Waals surface area contributed by atoms with Gasteiger partial charge in [-0.15, -0.1) is 5.11 Å². The molecule has 0 heterocycles. The zero-order valence-electron chi connectivity index (χ0n) is 22.8. The molecule has 4 aromatic rings. The Balaban J connectivity index is 0.00000294. The second-order valence-corrected chi connectivity index (χ2v) is 11.5. The van der Waals surface area contributed by atoms with Crippen molar-refractivity contribution in [3.8, 4) is 5.75 Å². The van der Waals surface area contributed by atoms with Crippen LogP contribution in [0.2, 0.25) is 0 Å². The molecule has 4 rings (SSSR count). The van der Waals surface area contributed by atoms with Gasteiger partial charge in [0.25, 0.3) is 10.1 Å². The van der Waals surface area contributed by atoms with Crippen LogP contribution in [0.25, 0.3) is 10.8 Å². The van der Waals surface area contributed by atoms with Crippen molar-refractivity contribution >= 4 is 59.4 Å². The van der Waals surface area contributed by atoms with Crippen LogP contribution in [0.3, 0.4) is 0 Å². The number of nitrogens with two attached hydrogens (primary N) is 1. The number of hydrogen-bond acceptors (Lipinski definition) is 11. The summed E-state index contributed by atoms with van der Waals surface area (Å²) < 4.78 is 67.3. The largest absolute Gasteiger partial charge is 1.00 e. The van der Waals surface area contributed by atoms with Gasteiger partial charge >= 0.3 is 59.1 Å². The van der Waals surface area contributed by atoms with Crippen LogP contribution >= 0.6 is 0 Å². The van der Waals surface area contributed by atoms with Crippen LogP contribution in [0.15, 0.2) is 84.8 Å². The number of azo groups is 2. The summed E-state index contributed by atoms with van der Waals surface area (Å²) in [6, 6.07) is 12.4. The molecule has 0 aliphatic carbocycles. The molecule has 0 unspecified atom stereocenters. The van der Waals surface area contributed by atoms with Gasteiger partial charge in [-0.05, 0) is 96.8 Å². The van der Waals surface area contributed by atoms with E-state index in [2.05, 4.69) is 20.5 Å². The molecule has 202 valence electrons. The first-order valence-corrected chi connectivity index (χ1v) is 14.0. The van der Waals surface area contributed by atoms with Gasteiger partial charge in [0.1, 0.15) is 15.0 Å². The zero-order valence-corrected chi connectivity index (χ0v) is 28.4. The third kappa shape index (κ3) is 7.99. The fourth-order valence-electron chi connectivity index (χ4n) is 3.76. The molecule has 0 amide bonds. The molecular weight excluding hydrogens is 592 g/mol. The summed E-state index contributed by atoms with van der Waals surface area (Å²) in [7, 11) is -9.40. The van der Waals surface area contributed by atoms with E-state index in [0.29, 0.717) is 39.4 Å². The van der Waals surface area contributed by atoms with Crippen molar-refractivity contribution < 1.29 is 90.2 Å². The third-order valence-electron chi connectivity index (χ3n) is 5.83. The maximum absolute atomic E-state index is 13.0. The Labute approximate surface area is 280 Å². The van der Waals surface area contributed by atoms with Crippen LogP contribution in [-0.4, -0.2) is 25.9 Å². The fraction of sp³-hybridized carbons (Fsp3) is 0.120. The molecule has 0 aliphatic heterocycles. The molecule has 0 radical (unpaired) electrons. The molecule has 12 nitrogen and oxygen atoms in total. The van der Waals surface area contributed by atoms with Crippen molar-refractivity contribution in [2.45, 2.75) is 30.6 Å². The van der Waals surface area contributed by atoms with E-state index in [1.165, 1.54) is 30.3 Å². The van der Waals surface area contributed by atoms with Crippen molar-refractivity contribution in [1.82, 2.24) is 0 Å². The van der Waals surface area contributed by atoms with Gasteiger partial charge in [0.15, 0.2) is 0 Å². The molecule has 0 saturated heterocycles. The summed E-state index contributed by atoms with van der Waals surface area (Å²) in [4.78, 5) is -1.06. The number of nitrogen functional groups attached to an aromatic ring is 1. The van der Waals surface area contributed by atoms with Gasteiger partial charge < -0.3 is 15.4 Å². The van der Waals surface area contributed by atoms with E-state index in [1.807, 2.05) is 0 Å². The van der Waals surface area contributed by atoms with E-state index in [0.717, 1.165) is 12.1 Å². The summed E-state index contributed by atoms with van der Waals surface area (Å²) in [5.74, 6) is -0.741. The van der Waals surface area contributed by atoms with Gasteiger partial charge in [-0.3, -0.25) is 4.55 Å². The van der Waals surface area contributed by atoms with E-state index in [4.69, 9.17) is 5.73 Å². The van der Waals surface area contributed by atoms with Gasteiger partial charge in [0, 0.05) is 5.69 Å². The van der Waals surface area contributed by atoms with Gasteiger partial charge in [0.2, 0.25) is 0 Å². The predicted octanol–water partition coefficient (Wildman–Crippen LogP) is -0.590. The normalized spacial score (nSPS) is 12.0. The Morgan fingerprint density at radius 1 is 0.732 bits per heavy atom. The summed E-state index contributed by atoms with van der Waals surface area (Å²) >= 11 is 0. The summed E-state index contributed by atoms with van der Waals surface area (Å²) in [5.41, 5.74) is 8.24. The van der Waals surface area contributed by atoms with Crippen LogP contribution < -0.4 is 70.0 Å². The molecular formula is C25H21N5Na2O7S2. The minimum atomic E-state index is -4.81. The molecule has 0 saturated carbocycles. The molecule has 3 N–H and O–H groups in total. The first-order chi connectivity index (χ1) is 18.1. The molecule has 0 spiro atoms. The van der Waals surface area contributed by atoms with Crippen LogP contribution in [-0.2, 0) is 20.2 Å². The van der Waals surface area contributed by atoms with Crippen molar-refractivity contribution in [2.75, 3.05) is 5.73 Å². The van der Waals surface area contributed by atoms with Crippen LogP contribution in [0.5, 0.6) is 5.75 Å². The molecule has 0 bridgehead atoms. The SMILES string of the molecule is Cc1cc(S(=O)(=O)[O-])ccc1N=Nc1cc(C)c(N=Nc2c(S(=O)(=O)O)cc3cc(N)ccc3c2[O-])cc1C.[Na+].[Na+]. The molecule has 0 aromatic heterocycles. The van der Waals surface area contributed by atoms with Crippen LogP contribution in [0, 0.1) is 20.8 Å². The molecule has 4 aromatic carbocycles. The summed E-state index contributed by atoms with van der Waals surface area (Å²) in [6.45, 7) is 5.00. The Bertz CT molecular complexity index is 1930. The smallest absolute Gasteiger partial charge is 0.871 e. The van der Waals surface area contributed by atoms with Gasteiger partial charge in [-0.2, -0.15) is 23.8 Å². The Hall–Kier alpha value is -2.24. The number of benzene rings is 4. The van der Waals surface area contributed by atoms with E-state index in [1.54, 1.807) is 32.9 Å². The van der Waals surface area contributed by atoms with E-state index in [-0.39, 0.29) is 74.8 Å². The van der Waals surface area contributed by atoms with E-state index >= 15 is 0 Å². The molecule has 0 fully saturated rings. The topological polar surface area (TPSA) is 210 Å². The van der Waals surface area contributed by atoms with Gasteiger partial charge in [-0.25, -0.2) is 8.42 Å². The minimum absolute atomic E-state index is 0. The van der Waals surface area contributed by atoms with Gasteiger partial charge in [0.05, 0.1) is 27.6 Å². The van der Waals surface area contributed by atoms with Crippen LogP contribution in [0.4, 0.5) is 28.4 Å². The third-order valence-corrected chi connectivity index (χ3v) is 7.53. The average molecular weight is 614 g/mol. The van der Waals surface area contributed by atoms with Crippen molar-refractivity contribution in [3.63, 3.8) is 0 Å². The first kappa shape index (κ1) is 35.0. The maximum Gasteiger partial charge on any atom is 1.00 e. The van der Waals surface area contributed by atoms with Crippen LogP contribution in [0.1, 0.15) is 16.7 Å². The first-order valence-electron chi connectivity index (χ1n) is 11.2. The number of fused-ring (bicyclic) bond motifs is 1. The Morgan fingerprint density at radius 2 is 1.27 bits per heavy atom. The zero-order chi connectivity index (χ0) is 28.7. The minimum Gasteiger partial charge on any atom is -0.871 e. The number of anilines is 1. The number of aryl methyl sites for hydroxylation is 3. The standard InChI is InChI=1S/C25H23N5O7S2.2Na/c1-13-8-18(38(32,33)34)5-7-20(13)27-28-21-9-15(3)22(10-14(21)2)29-30-24-23(39(35,36)37)12-16-11-17(26)4-6-19(16)25(24)31;;/h4-12,31H,26H2,1-3H3,(H,32,33,34)(H,35,36,37);;/q;2*+1/p-2.